The van der Waals surface area contributed by atoms with Crippen LogP contribution in [0.15, 0.2) is 52.0 Å². The van der Waals surface area contributed by atoms with Crippen molar-refractivity contribution in [1.82, 2.24) is 5.32 Å². The van der Waals surface area contributed by atoms with E-state index in [-0.39, 0.29) is 11.7 Å². The number of benzene rings is 1. The summed E-state index contributed by atoms with van der Waals surface area (Å²) in [6.07, 6.45) is 3.12. The van der Waals surface area contributed by atoms with E-state index in [0.717, 1.165) is 5.56 Å². The number of amides is 1. The monoisotopic (exact) mass is 331 g/mol. The molecule has 110 valence electrons. The van der Waals surface area contributed by atoms with Crippen molar-refractivity contribution in [2.75, 3.05) is 0 Å². The molecule has 0 aliphatic carbocycles. The van der Waals surface area contributed by atoms with Gasteiger partial charge in [0.15, 0.2) is 0 Å². The zero-order valence-corrected chi connectivity index (χ0v) is 12.7. The largest absolute Gasteiger partial charge is 0.457 e. The Morgan fingerprint density at radius 3 is 2.64 bits per heavy atom. The highest BCUT2D eigenvalue weighted by molar-refractivity contribution is 8.26. The number of hydrogen-bond donors (Lipinski definition) is 1. The number of hydrogen-bond acceptors (Lipinski definition) is 6. The smallest absolute Gasteiger partial charge is 0.379 e. The summed E-state index contributed by atoms with van der Waals surface area (Å²) in [6, 6.07) is 9.91. The van der Waals surface area contributed by atoms with Crippen molar-refractivity contribution >= 4 is 46.3 Å². The molecule has 22 heavy (non-hydrogen) atoms. The molecule has 0 atom stereocenters. The van der Waals surface area contributed by atoms with Gasteiger partial charge in [0, 0.05) is 0 Å². The topological polar surface area (TPSA) is 68.5 Å². The van der Waals surface area contributed by atoms with Crippen molar-refractivity contribution < 1.29 is 18.7 Å². The van der Waals surface area contributed by atoms with Gasteiger partial charge in [-0.1, -0.05) is 36.1 Å². The third-order valence-electron chi connectivity index (χ3n) is 2.75. The average molecular weight is 331 g/mol. The number of ether oxygens (including phenoxy) is 1. The summed E-state index contributed by atoms with van der Waals surface area (Å²) in [5.74, 6) is -0.239. The Morgan fingerprint density at radius 1 is 1.27 bits per heavy atom. The summed E-state index contributed by atoms with van der Waals surface area (Å²) < 4.78 is 10.6. The lowest BCUT2D eigenvalue weighted by molar-refractivity contribution is -0.115. The number of thiocarbonyl (C=S) groups is 1. The van der Waals surface area contributed by atoms with Crippen LogP contribution in [0.4, 0.5) is 0 Å². The molecule has 1 aromatic heterocycles. The molecule has 5 nitrogen and oxygen atoms in total. The Labute approximate surface area is 135 Å². The standard InChI is InChI=1S/C15H9NO4S2/c17-13-12(22-15(21)16-13)8-9-3-5-10(6-4-9)20-14(18)11-2-1-7-19-11/h1-8H,(H,16,17,21)/b12-8-. The highest BCUT2D eigenvalue weighted by Crippen LogP contribution is 2.26. The molecular weight excluding hydrogens is 322 g/mol. The third-order valence-corrected chi connectivity index (χ3v) is 3.92. The first-order valence-electron chi connectivity index (χ1n) is 6.22. The van der Waals surface area contributed by atoms with Gasteiger partial charge in [0.1, 0.15) is 10.1 Å². The van der Waals surface area contributed by atoms with Crippen molar-refractivity contribution in [1.29, 1.82) is 0 Å². The molecule has 1 saturated heterocycles. The van der Waals surface area contributed by atoms with E-state index in [9.17, 15) is 9.59 Å². The fraction of sp³-hybridized carbons (Fsp3) is 0. The Bertz CT molecular complexity index is 763. The number of nitrogens with one attached hydrogen (secondary N) is 1. The molecule has 0 spiro atoms. The lowest BCUT2D eigenvalue weighted by Gasteiger charge is -2.02. The highest BCUT2D eigenvalue weighted by Gasteiger charge is 2.21. The molecule has 0 radical (unpaired) electrons. The first-order valence-corrected chi connectivity index (χ1v) is 7.45. The molecule has 2 aromatic rings. The number of esters is 1. The van der Waals surface area contributed by atoms with Crippen molar-refractivity contribution in [3.8, 4) is 5.75 Å². The number of carbonyl (C=O) groups excluding carboxylic acids is 2. The van der Waals surface area contributed by atoms with Crippen LogP contribution in [0.3, 0.4) is 0 Å². The minimum absolute atomic E-state index is 0.138. The van der Waals surface area contributed by atoms with E-state index >= 15 is 0 Å². The summed E-state index contributed by atoms with van der Waals surface area (Å²) in [5.41, 5.74) is 0.806. The predicted molar refractivity (Wildman–Crippen MR) is 86.4 cm³/mol. The van der Waals surface area contributed by atoms with Gasteiger partial charge < -0.3 is 14.5 Å². The van der Waals surface area contributed by atoms with Crippen LogP contribution in [0.5, 0.6) is 5.75 Å². The van der Waals surface area contributed by atoms with Crippen LogP contribution in [0, 0.1) is 0 Å². The molecule has 0 bridgehead atoms. The first-order chi connectivity index (χ1) is 10.6. The highest BCUT2D eigenvalue weighted by atomic mass is 32.2. The molecule has 1 aliphatic heterocycles. The SMILES string of the molecule is O=C1NC(=S)S/C1=C\c1ccc(OC(=O)c2ccco2)cc1. The quantitative estimate of drug-likeness (QED) is 0.404. The van der Waals surface area contributed by atoms with E-state index in [1.807, 2.05) is 0 Å². The molecule has 1 fully saturated rings. The van der Waals surface area contributed by atoms with Gasteiger partial charge in [-0.25, -0.2) is 4.79 Å². The zero-order valence-electron chi connectivity index (χ0n) is 11.1. The molecule has 1 amide bonds. The van der Waals surface area contributed by atoms with Gasteiger partial charge in [-0.2, -0.15) is 0 Å². The van der Waals surface area contributed by atoms with Gasteiger partial charge in [-0.15, -0.1) is 0 Å². The second-order valence-electron chi connectivity index (χ2n) is 4.29. The fourth-order valence-corrected chi connectivity index (χ4v) is 2.80. The number of thioether (sulfide) groups is 1. The maximum absolute atomic E-state index is 11.7. The predicted octanol–water partition coefficient (Wildman–Crippen LogP) is 2.99. The summed E-state index contributed by atoms with van der Waals surface area (Å²) in [6.45, 7) is 0. The van der Waals surface area contributed by atoms with E-state index in [4.69, 9.17) is 21.4 Å². The average Bonchev–Trinajstić information content (AvgIpc) is 3.12. The molecule has 1 N–H and O–H groups in total. The van der Waals surface area contributed by atoms with Crippen LogP contribution in [-0.2, 0) is 4.79 Å². The molecule has 0 saturated carbocycles. The Hall–Kier alpha value is -2.38. The second kappa shape index (κ2) is 6.17. The van der Waals surface area contributed by atoms with E-state index in [1.165, 1.54) is 24.1 Å². The van der Waals surface area contributed by atoms with Crippen LogP contribution < -0.4 is 10.1 Å². The van der Waals surface area contributed by atoms with Gasteiger partial charge in [0.2, 0.25) is 5.76 Å². The number of carbonyl (C=O) groups is 2. The van der Waals surface area contributed by atoms with Gasteiger partial charge in [0.05, 0.1) is 11.2 Å². The molecule has 1 aromatic carbocycles. The minimum atomic E-state index is -0.563. The minimum Gasteiger partial charge on any atom is -0.457 e. The van der Waals surface area contributed by atoms with Crippen molar-refractivity contribution in [2.45, 2.75) is 0 Å². The van der Waals surface area contributed by atoms with Gasteiger partial charge >= 0.3 is 5.97 Å². The van der Waals surface area contributed by atoms with E-state index in [2.05, 4.69) is 5.32 Å². The van der Waals surface area contributed by atoms with Gasteiger partial charge in [0.25, 0.3) is 5.91 Å². The van der Waals surface area contributed by atoms with Crippen molar-refractivity contribution in [3.63, 3.8) is 0 Å². The Balaban J connectivity index is 1.71. The fourth-order valence-electron chi connectivity index (χ4n) is 1.76. The van der Waals surface area contributed by atoms with E-state index < -0.39 is 5.97 Å². The molecule has 7 heteroatoms. The summed E-state index contributed by atoms with van der Waals surface area (Å²) in [5, 5.41) is 2.55. The molecular formula is C15H9NO4S2. The van der Waals surface area contributed by atoms with Gasteiger partial charge in [-0.05, 0) is 35.9 Å². The van der Waals surface area contributed by atoms with E-state index in [0.29, 0.717) is 15.0 Å². The summed E-state index contributed by atoms with van der Waals surface area (Å²) in [4.78, 5) is 23.8. The zero-order chi connectivity index (χ0) is 15.5. The maximum atomic E-state index is 11.7. The van der Waals surface area contributed by atoms with E-state index in [1.54, 1.807) is 36.4 Å². The lowest BCUT2D eigenvalue weighted by Crippen LogP contribution is -2.17. The van der Waals surface area contributed by atoms with Crippen LogP contribution in [0.1, 0.15) is 16.1 Å². The molecule has 0 unspecified atom stereocenters. The molecule has 3 rings (SSSR count). The van der Waals surface area contributed by atoms with Crippen LogP contribution in [-0.4, -0.2) is 16.2 Å². The summed E-state index contributed by atoms with van der Waals surface area (Å²) in [7, 11) is 0. The maximum Gasteiger partial charge on any atom is 0.379 e. The number of rotatable bonds is 3. The first kappa shape index (κ1) is 14.6. The number of furan rings is 1. The summed E-state index contributed by atoms with van der Waals surface area (Å²) >= 11 is 6.14. The lowest BCUT2D eigenvalue weighted by atomic mass is 10.2. The Morgan fingerprint density at radius 2 is 2.05 bits per heavy atom. The Kier molecular flexibility index (Phi) is 4.08. The van der Waals surface area contributed by atoms with Crippen LogP contribution in [0.25, 0.3) is 6.08 Å². The van der Waals surface area contributed by atoms with Gasteiger partial charge in [-0.3, -0.25) is 4.79 Å². The second-order valence-corrected chi connectivity index (χ2v) is 6.01. The molecule has 1 aliphatic rings. The van der Waals surface area contributed by atoms with Crippen molar-refractivity contribution in [3.05, 3.63) is 58.9 Å². The van der Waals surface area contributed by atoms with Crippen LogP contribution >= 0.6 is 24.0 Å². The molecule has 2 heterocycles. The normalized spacial score (nSPS) is 15.9. The third kappa shape index (κ3) is 3.26. The van der Waals surface area contributed by atoms with Crippen molar-refractivity contribution in [2.24, 2.45) is 0 Å². The van der Waals surface area contributed by atoms with Crippen LogP contribution in [0.2, 0.25) is 0 Å².